The normalized spacial score (nSPS) is 12.1. The van der Waals surface area contributed by atoms with Gasteiger partial charge >= 0.3 is 11.9 Å². The van der Waals surface area contributed by atoms with Crippen LogP contribution in [0, 0.1) is 0 Å². The molecule has 0 N–H and O–H groups in total. The van der Waals surface area contributed by atoms with E-state index in [0.29, 0.717) is 6.42 Å². The molecule has 0 radical (unpaired) electrons. The zero-order chi connectivity index (χ0) is 14.8. The van der Waals surface area contributed by atoms with Crippen LogP contribution in [0.25, 0.3) is 0 Å². The van der Waals surface area contributed by atoms with Gasteiger partial charge in [-0.15, -0.1) is 0 Å². The Kier molecular flexibility index (Phi) is 7.03. The number of ether oxygens (including phenoxy) is 2. The Morgan fingerprint density at radius 3 is 2.60 bits per heavy atom. The van der Waals surface area contributed by atoms with Crippen LogP contribution >= 0.6 is 0 Å². The number of hydrogen-bond donors (Lipinski definition) is 0. The van der Waals surface area contributed by atoms with Crippen molar-refractivity contribution in [1.29, 1.82) is 0 Å². The van der Waals surface area contributed by atoms with Gasteiger partial charge in [0, 0.05) is 0 Å². The fourth-order valence-electron chi connectivity index (χ4n) is 1.58. The predicted octanol–water partition coefficient (Wildman–Crippen LogP) is 2.14. The lowest BCUT2D eigenvalue weighted by Gasteiger charge is -2.08. The third kappa shape index (κ3) is 5.65. The van der Waals surface area contributed by atoms with Crippen molar-refractivity contribution in [2.24, 2.45) is 4.99 Å². The summed E-state index contributed by atoms with van der Waals surface area (Å²) >= 11 is 0. The highest BCUT2D eigenvalue weighted by Crippen LogP contribution is 2.04. The summed E-state index contributed by atoms with van der Waals surface area (Å²) in [6, 6.07) is 8.70. The largest absolute Gasteiger partial charge is 0.467 e. The SMILES string of the molecule is CCCC(N=CC(=O)OCc1ccccc1)C(=O)OC. The average Bonchev–Trinajstić information content (AvgIpc) is 2.49. The maximum atomic E-state index is 11.5. The van der Waals surface area contributed by atoms with Crippen molar-refractivity contribution in [3.05, 3.63) is 35.9 Å². The number of carbonyl (C=O) groups excluding carboxylic acids is 2. The maximum Gasteiger partial charge on any atom is 0.349 e. The predicted molar refractivity (Wildman–Crippen MR) is 75.4 cm³/mol. The summed E-state index contributed by atoms with van der Waals surface area (Å²) in [6.07, 6.45) is 2.35. The molecule has 0 amide bonds. The van der Waals surface area contributed by atoms with E-state index in [9.17, 15) is 9.59 Å². The van der Waals surface area contributed by atoms with Gasteiger partial charge in [0.1, 0.15) is 18.9 Å². The minimum absolute atomic E-state index is 0.183. The highest BCUT2D eigenvalue weighted by atomic mass is 16.5. The molecule has 1 unspecified atom stereocenters. The first kappa shape index (κ1) is 15.9. The Labute approximate surface area is 118 Å². The molecule has 0 aromatic heterocycles. The molecule has 5 nitrogen and oxygen atoms in total. The van der Waals surface area contributed by atoms with E-state index >= 15 is 0 Å². The van der Waals surface area contributed by atoms with E-state index in [2.05, 4.69) is 9.73 Å². The molecule has 5 heteroatoms. The van der Waals surface area contributed by atoms with Crippen LogP contribution in [0.3, 0.4) is 0 Å². The molecule has 0 aliphatic heterocycles. The van der Waals surface area contributed by atoms with Gasteiger partial charge in [-0.2, -0.15) is 0 Å². The second kappa shape index (κ2) is 8.85. The molecule has 0 saturated carbocycles. The van der Waals surface area contributed by atoms with Crippen LogP contribution in [0.1, 0.15) is 25.3 Å². The average molecular weight is 277 g/mol. The smallest absolute Gasteiger partial charge is 0.349 e. The van der Waals surface area contributed by atoms with E-state index in [1.165, 1.54) is 7.11 Å². The number of esters is 2. The van der Waals surface area contributed by atoms with Gasteiger partial charge in [0.15, 0.2) is 0 Å². The molecule has 0 fully saturated rings. The van der Waals surface area contributed by atoms with E-state index in [0.717, 1.165) is 18.2 Å². The van der Waals surface area contributed by atoms with Gasteiger partial charge in [-0.25, -0.2) is 9.59 Å². The van der Waals surface area contributed by atoms with Gasteiger partial charge in [-0.05, 0) is 12.0 Å². The van der Waals surface area contributed by atoms with Crippen molar-refractivity contribution < 1.29 is 19.1 Å². The molecule has 0 aliphatic carbocycles. The molecule has 0 aliphatic rings. The zero-order valence-corrected chi connectivity index (χ0v) is 11.7. The quantitative estimate of drug-likeness (QED) is 0.566. The minimum atomic E-state index is -0.644. The van der Waals surface area contributed by atoms with Crippen LogP contribution in [0.15, 0.2) is 35.3 Å². The molecule has 0 bridgehead atoms. The number of carbonyl (C=O) groups is 2. The standard InChI is InChI=1S/C15H19NO4/c1-3-7-13(15(18)19-2)16-10-14(17)20-11-12-8-5-4-6-9-12/h4-6,8-10,13H,3,7,11H2,1-2H3. The maximum absolute atomic E-state index is 11.5. The Morgan fingerprint density at radius 1 is 1.30 bits per heavy atom. The highest BCUT2D eigenvalue weighted by Gasteiger charge is 2.16. The van der Waals surface area contributed by atoms with Crippen LogP contribution in [0.5, 0.6) is 0 Å². The molecule has 0 heterocycles. The Morgan fingerprint density at radius 2 is 2.00 bits per heavy atom. The molecule has 108 valence electrons. The molecule has 1 aromatic carbocycles. The lowest BCUT2D eigenvalue weighted by Crippen LogP contribution is -2.21. The summed E-state index contributed by atoms with van der Waals surface area (Å²) in [5.74, 6) is -1.02. The van der Waals surface area contributed by atoms with Crippen molar-refractivity contribution in [1.82, 2.24) is 0 Å². The molecule has 0 spiro atoms. The Bertz CT molecular complexity index is 456. The highest BCUT2D eigenvalue weighted by molar-refractivity contribution is 6.23. The molecular weight excluding hydrogens is 258 g/mol. The van der Waals surface area contributed by atoms with E-state index in [4.69, 9.17) is 4.74 Å². The van der Waals surface area contributed by atoms with Crippen LogP contribution in [-0.4, -0.2) is 31.3 Å². The van der Waals surface area contributed by atoms with E-state index in [1.54, 1.807) is 0 Å². The topological polar surface area (TPSA) is 65.0 Å². The summed E-state index contributed by atoms with van der Waals surface area (Å²) in [5.41, 5.74) is 0.896. The lowest BCUT2D eigenvalue weighted by molar-refractivity contribution is -0.142. The second-order valence-corrected chi connectivity index (χ2v) is 4.20. The number of rotatable bonds is 7. The summed E-state index contributed by atoms with van der Waals surface area (Å²) < 4.78 is 9.65. The van der Waals surface area contributed by atoms with Gasteiger partial charge in [-0.1, -0.05) is 43.7 Å². The van der Waals surface area contributed by atoms with Crippen LogP contribution in [0.2, 0.25) is 0 Å². The molecule has 20 heavy (non-hydrogen) atoms. The van der Waals surface area contributed by atoms with E-state index in [-0.39, 0.29) is 6.61 Å². The zero-order valence-electron chi connectivity index (χ0n) is 11.7. The first-order valence-electron chi connectivity index (χ1n) is 6.49. The number of methoxy groups -OCH3 is 1. The third-order valence-corrected chi connectivity index (χ3v) is 2.62. The van der Waals surface area contributed by atoms with E-state index < -0.39 is 18.0 Å². The molecular formula is C15H19NO4. The van der Waals surface area contributed by atoms with E-state index in [1.807, 2.05) is 37.3 Å². The lowest BCUT2D eigenvalue weighted by atomic mass is 10.2. The fraction of sp³-hybridized carbons (Fsp3) is 0.400. The molecule has 1 aromatic rings. The van der Waals surface area contributed by atoms with Crippen molar-refractivity contribution in [2.75, 3.05) is 7.11 Å². The van der Waals surface area contributed by atoms with Crippen molar-refractivity contribution in [3.8, 4) is 0 Å². The van der Waals surface area contributed by atoms with Gasteiger partial charge in [0.05, 0.1) is 7.11 Å². The van der Waals surface area contributed by atoms with Gasteiger partial charge in [-0.3, -0.25) is 4.99 Å². The molecule has 1 atom stereocenters. The Balaban J connectivity index is 2.47. The summed E-state index contributed by atoms with van der Waals surface area (Å²) in [6.45, 7) is 2.11. The van der Waals surface area contributed by atoms with Crippen molar-refractivity contribution in [3.63, 3.8) is 0 Å². The third-order valence-electron chi connectivity index (χ3n) is 2.62. The molecule has 0 saturated heterocycles. The van der Waals surface area contributed by atoms with Crippen LogP contribution < -0.4 is 0 Å². The number of benzene rings is 1. The van der Waals surface area contributed by atoms with Gasteiger partial charge < -0.3 is 9.47 Å². The van der Waals surface area contributed by atoms with Gasteiger partial charge in [0.25, 0.3) is 0 Å². The Hall–Kier alpha value is -2.17. The summed E-state index contributed by atoms with van der Waals surface area (Å²) in [7, 11) is 1.30. The number of nitrogens with zero attached hydrogens (tertiary/aromatic N) is 1. The molecule has 1 rings (SSSR count). The van der Waals surface area contributed by atoms with Crippen LogP contribution in [0.4, 0.5) is 0 Å². The van der Waals surface area contributed by atoms with Crippen LogP contribution in [-0.2, 0) is 25.7 Å². The summed E-state index contributed by atoms with van der Waals surface area (Å²) in [4.78, 5) is 26.8. The van der Waals surface area contributed by atoms with Gasteiger partial charge in [0.2, 0.25) is 0 Å². The monoisotopic (exact) mass is 277 g/mol. The fourth-order valence-corrected chi connectivity index (χ4v) is 1.58. The number of aliphatic imine (C=N–C) groups is 1. The first-order chi connectivity index (χ1) is 9.67. The second-order valence-electron chi connectivity index (χ2n) is 4.20. The summed E-state index contributed by atoms with van der Waals surface area (Å²) in [5, 5.41) is 0. The van der Waals surface area contributed by atoms with Crippen molar-refractivity contribution >= 4 is 18.2 Å². The minimum Gasteiger partial charge on any atom is -0.467 e. The van der Waals surface area contributed by atoms with Crippen molar-refractivity contribution in [2.45, 2.75) is 32.4 Å². The first-order valence-corrected chi connectivity index (χ1v) is 6.49. The number of hydrogen-bond acceptors (Lipinski definition) is 5.